The summed E-state index contributed by atoms with van der Waals surface area (Å²) < 4.78 is 5.24. The summed E-state index contributed by atoms with van der Waals surface area (Å²) in [6, 6.07) is 3.04. The van der Waals surface area contributed by atoms with Gasteiger partial charge in [0.2, 0.25) is 17.7 Å². The second kappa shape index (κ2) is 12.2. The summed E-state index contributed by atoms with van der Waals surface area (Å²) in [5.41, 5.74) is 6.99. The first-order chi connectivity index (χ1) is 15.7. The number of hydrogen-bond donors (Lipinski definition) is 3. The van der Waals surface area contributed by atoms with E-state index < -0.39 is 47.9 Å². The van der Waals surface area contributed by atoms with E-state index in [2.05, 4.69) is 17.2 Å². The van der Waals surface area contributed by atoms with Crippen LogP contribution in [0.4, 0.5) is 4.79 Å². The molecule has 0 aromatic heterocycles. The highest BCUT2D eigenvalue weighted by atomic mass is 16.6. The summed E-state index contributed by atoms with van der Waals surface area (Å²) in [5, 5.41) is 5.29. The van der Waals surface area contributed by atoms with E-state index in [1.165, 1.54) is 11.0 Å². The predicted molar refractivity (Wildman–Crippen MR) is 131 cm³/mol. The Labute approximate surface area is 202 Å². The molecule has 0 aliphatic heterocycles. The number of rotatable bonds is 10. The molecule has 0 saturated heterocycles. The van der Waals surface area contributed by atoms with Gasteiger partial charge in [-0.2, -0.15) is 0 Å². The molecule has 34 heavy (non-hydrogen) atoms. The molecule has 0 saturated carbocycles. The van der Waals surface area contributed by atoms with Crippen molar-refractivity contribution in [1.29, 1.82) is 0 Å². The largest absolute Gasteiger partial charge is 0.444 e. The lowest BCUT2D eigenvalue weighted by molar-refractivity contribution is -0.142. The van der Waals surface area contributed by atoms with Gasteiger partial charge in [0.25, 0.3) is 0 Å². The van der Waals surface area contributed by atoms with Crippen molar-refractivity contribution in [2.75, 3.05) is 6.54 Å². The predicted octanol–water partition coefficient (Wildman–Crippen LogP) is 2.65. The van der Waals surface area contributed by atoms with Crippen LogP contribution in [0.2, 0.25) is 0 Å². The zero-order valence-corrected chi connectivity index (χ0v) is 21.2. The fraction of sp³-hybridized carbons (Fsp3) is 0.520. The molecule has 0 radical (unpaired) electrons. The average molecular weight is 475 g/mol. The van der Waals surface area contributed by atoms with Gasteiger partial charge in [-0.05, 0) is 59.6 Å². The summed E-state index contributed by atoms with van der Waals surface area (Å²) in [6.07, 6.45) is 0.142. The van der Waals surface area contributed by atoms with Crippen LogP contribution in [0, 0.1) is 13.8 Å². The smallest absolute Gasteiger partial charge is 0.408 e. The van der Waals surface area contributed by atoms with E-state index in [1.54, 1.807) is 26.8 Å². The van der Waals surface area contributed by atoms with Crippen molar-refractivity contribution in [2.45, 2.75) is 78.6 Å². The van der Waals surface area contributed by atoms with Gasteiger partial charge in [-0.25, -0.2) is 4.79 Å². The number of ether oxygens (including phenoxy) is 1. The first-order valence-corrected chi connectivity index (χ1v) is 11.2. The summed E-state index contributed by atoms with van der Waals surface area (Å²) in [4.78, 5) is 52.4. The molecular formula is C25H38N4O5. The SMILES string of the molecule is C=CCN(C(=O)C(CC(N)=O)NC(=O)OC(C)(C)C)C(C(=O)NC(C)C)c1ccc(C)cc1C. The Kier molecular flexibility index (Phi) is 10.3. The van der Waals surface area contributed by atoms with Crippen LogP contribution in [0.3, 0.4) is 0 Å². The van der Waals surface area contributed by atoms with E-state index >= 15 is 0 Å². The van der Waals surface area contributed by atoms with Crippen LogP contribution >= 0.6 is 0 Å². The molecule has 1 rings (SSSR count). The molecule has 9 nitrogen and oxygen atoms in total. The third-order valence-electron chi connectivity index (χ3n) is 4.71. The zero-order chi connectivity index (χ0) is 26.2. The number of alkyl carbamates (subject to hydrolysis) is 1. The van der Waals surface area contributed by atoms with Crippen LogP contribution in [-0.4, -0.2) is 52.9 Å². The molecule has 0 aliphatic rings. The van der Waals surface area contributed by atoms with Gasteiger partial charge in [0.05, 0.1) is 6.42 Å². The van der Waals surface area contributed by atoms with E-state index in [9.17, 15) is 19.2 Å². The van der Waals surface area contributed by atoms with Gasteiger partial charge in [-0.1, -0.05) is 29.8 Å². The van der Waals surface area contributed by atoms with Crippen molar-refractivity contribution in [3.63, 3.8) is 0 Å². The maximum absolute atomic E-state index is 13.7. The lowest BCUT2D eigenvalue weighted by Gasteiger charge is -2.34. The van der Waals surface area contributed by atoms with Gasteiger partial charge in [-0.3, -0.25) is 14.4 Å². The number of benzene rings is 1. The van der Waals surface area contributed by atoms with Crippen LogP contribution in [0.25, 0.3) is 0 Å². The molecule has 0 heterocycles. The van der Waals surface area contributed by atoms with Crippen molar-refractivity contribution in [3.8, 4) is 0 Å². The minimum atomic E-state index is -1.33. The van der Waals surface area contributed by atoms with Crippen LogP contribution in [0.15, 0.2) is 30.9 Å². The Balaban J connectivity index is 3.50. The maximum atomic E-state index is 13.7. The molecule has 0 spiro atoms. The minimum Gasteiger partial charge on any atom is -0.444 e. The number of aryl methyl sites for hydroxylation is 2. The molecule has 4 N–H and O–H groups in total. The van der Waals surface area contributed by atoms with Gasteiger partial charge >= 0.3 is 6.09 Å². The first-order valence-electron chi connectivity index (χ1n) is 11.2. The van der Waals surface area contributed by atoms with Crippen molar-refractivity contribution >= 4 is 23.8 Å². The summed E-state index contributed by atoms with van der Waals surface area (Å²) in [5.74, 6) is -1.84. The number of nitrogens with one attached hydrogen (secondary N) is 2. The number of primary amides is 1. The standard InChI is InChI=1S/C25H38N4O5/c1-9-12-29(23(32)19(14-20(26)30)28-24(33)34-25(6,7)8)21(22(31)27-15(2)3)18-11-10-16(4)13-17(18)5/h9-11,13,15,19,21H,1,12,14H2,2-8H3,(H2,26,30)(H,27,31)(H,28,33). The average Bonchev–Trinajstić information content (AvgIpc) is 2.65. The van der Waals surface area contributed by atoms with Gasteiger partial charge < -0.3 is 26.0 Å². The normalized spacial score (nSPS) is 12.9. The minimum absolute atomic E-state index is 0.00636. The molecule has 4 amide bonds. The van der Waals surface area contributed by atoms with Crippen LogP contribution in [-0.2, 0) is 19.1 Å². The molecule has 0 fully saturated rings. The van der Waals surface area contributed by atoms with Crippen molar-refractivity contribution in [2.24, 2.45) is 5.73 Å². The summed E-state index contributed by atoms with van der Waals surface area (Å²) in [7, 11) is 0. The number of carbonyl (C=O) groups excluding carboxylic acids is 4. The van der Waals surface area contributed by atoms with Gasteiger partial charge in [0.1, 0.15) is 17.7 Å². The third-order valence-corrected chi connectivity index (χ3v) is 4.71. The number of hydrogen-bond acceptors (Lipinski definition) is 5. The lowest BCUT2D eigenvalue weighted by Crippen LogP contribution is -2.54. The number of nitrogens with two attached hydrogens (primary N) is 1. The second-order valence-corrected chi connectivity index (χ2v) is 9.57. The molecule has 1 aromatic carbocycles. The summed E-state index contributed by atoms with van der Waals surface area (Å²) in [6.45, 7) is 16.2. The van der Waals surface area contributed by atoms with Gasteiger partial charge in [0, 0.05) is 12.6 Å². The van der Waals surface area contributed by atoms with Crippen LogP contribution in [0.5, 0.6) is 0 Å². The van der Waals surface area contributed by atoms with Crippen molar-refractivity contribution < 1.29 is 23.9 Å². The molecular weight excluding hydrogens is 436 g/mol. The van der Waals surface area contributed by atoms with Crippen LogP contribution in [0.1, 0.15) is 63.8 Å². The van der Waals surface area contributed by atoms with E-state index in [-0.39, 0.29) is 12.6 Å². The molecule has 188 valence electrons. The van der Waals surface area contributed by atoms with E-state index in [0.717, 1.165) is 11.1 Å². The number of carbonyl (C=O) groups is 4. The molecule has 9 heteroatoms. The highest BCUT2D eigenvalue weighted by Gasteiger charge is 2.37. The van der Waals surface area contributed by atoms with E-state index in [0.29, 0.717) is 5.56 Å². The van der Waals surface area contributed by atoms with Gasteiger partial charge in [-0.15, -0.1) is 6.58 Å². The highest BCUT2D eigenvalue weighted by Crippen LogP contribution is 2.27. The first kappa shape index (κ1) is 28.7. The third kappa shape index (κ3) is 8.88. The summed E-state index contributed by atoms with van der Waals surface area (Å²) >= 11 is 0. The van der Waals surface area contributed by atoms with E-state index in [1.807, 2.05) is 39.8 Å². The number of amides is 4. The second-order valence-electron chi connectivity index (χ2n) is 9.57. The zero-order valence-electron chi connectivity index (χ0n) is 21.2. The van der Waals surface area contributed by atoms with Crippen LogP contribution < -0.4 is 16.4 Å². The maximum Gasteiger partial charge on any atom is 0.408 e. The molecule has 0 bridgehead atoms. The molecule has 2 unspecified atom stereocenters. The molecule has 0 aliphatic carbocycles. The fourth-order valence-corrected chi connectivity index (χ4v) is 3.46. The fourth-order valence-electron chi connectivity index (χ4n) is 3.46. The Morgan fingerprint density at radius 3 is 2.24 bits per heavy atom. The molecule has 2 atom stereocenters. The monoisotopic (exact) mass is 474 g/mol. The number of nitrogens with zero attached hydrogens (tertiary/aromatic N) is 1. The Hall–Kier alpha value is -3.36. The topological polar surface area (TPSA) is 131 Å². The Bertz CT molecular complexity index is 920. The Morgan fingerprint density at radius 1 is 1.15 bits per heavy atom. The Morgan fingerprint density at radius 2 is 1.76 bits per heavy atom. The van der Waals surface area contributed by atoms with E-state index in [4.69, 9.17) is 10.5 Å². The molecule has 1 aromatic rings. The lowest BCUT2D eigenvalue weighted by atomic mass is 9.96. The van der Waals surface area contributed by atoms with Crippen molar-refractivity contribution in [3.05, 3.63) is 47.5 Å². The highest BCUT2D eigenvalue weighted by molar-refractivity contribution is 5.94. The van der Waals surface area contributed by atoms with Crippen molar-refractivity contribution in [1.82, 2.24) is 15.5 Å². The van der Waals surface area contributed by atoms with Gasteiger partial charge in [0.15, 0.2) is 0 Å². The quantitative estimate of drug-likeness (QED) is 0.449.